The van der Waals surface area contributed by atoms with Crippen LogP contribution in [-0.4, -0.2) is 70.9 Å². The van der Waals surface area contributed by atoms with Crippen molar-refractivity contribution in [3.05, 3.63) is 23.8 Å². The minimum atomic E-state index is -3.33. The Morgan fingerprint density at radius 1 is 1.13 bits per heavy atom. The molecule has 2 fully saturated rings. The molecule has 2 aliphatic heterocycles. The van der Waals surface area contributed by atoms with Gasteiger partial charge in [0, 0.05) is 32.2 Å². The quantitative estimate of drug-likeness (QED) is 0.658. The highest BCUT2D eigenvalue weighted by Gasteiger charge is 2.28. The lowest BCUT2D eigenvalue weighted by Gasteiger charge is -2.36. The van der Waals surface area contributed by atoms with Crippen LogP contribution in [0.4, 0.5) is 16.2 Å². The van der Waals surface area contributed by atoms with Gasteiger partial charge in [-0.05, 0) is 50.3 Å². The average Bonchev–Trinajstić information content (AvgIpc) is 3.26. The second kappa shape index (κ2) is 9.65. The number of nitrogens with zero attached hydrogens (tertiary/aromatic N) is 2. The maximum atomic E-state index is 13.1. The summed E-state index contributed by atoms with van der Waals surface area (Å²) in [5.74, 6) is -0.466. The third kappa shape index (κ3) is 5.63. The number of carbonyl (C=O) groups excluding carboxylic acids is 2. The van der Waals surface area contributed by atoms with E-state index in [1.165, 1.54) is 7.11 Å². The number of amides is 2. The first-order valence-electron chi connectivity index (χ1n) is 10.3. The lowest BCUT2D eigenvalue weighted by molar-refractivity contribution is 0.0600. The molecule has 0 bridgehead atoms. The van der Waals surface area contributed by atoms with Crippen LogP contribution in [0.25, 0.3) is 0 Å². The van der Waals surface area contributed by atoms with E-state index in [1.54, 1.807) is 17.0 Å². The van der Waals surface area contributed by atoms with Crippen LogP contribution in [0.3, 0.4) is 0 Å². The molecule has 1 atom stereocenters. The summed E-state index contributed by atoms with van der Waals surface area (Å²) in [7, 11) is -2.01. The van der Waals surface area contributed by atoms with Crippen molar-refractivity contribution < 1.29 is 22.7 Å². The lowest BCUT2D eigenvalue weighted by Crippen LogP contribution is -2.50. The van der Waals surface area contributed by atoms with Crippen molar-refractivity contribution in [1.29, 1.82) is 0 Å². The van der Waals surface area contributed by atoms with Gasteiger partial charge < -0.3 is 19.9 Å². The predicted octanol–water partition coefficient (Wildman–Crippen LogP) is 2.01. The minimum absolute atomic E-state index is 0.188. The van der Waals surface area contributed by atoms with E-state index in [0.717, 1.165) is 57.1 Å². The first-order valence-corrected chi connectivity index (χ1v) is 12.2. The minimum Gasteiger partial charge on any atom is -0.465 e. The van der Waals surface area contributed by atoms with Crippen LogP contribution in [0.2, 0.25) is 0 Å². The Kier molecular flexibility index (Phi) is 7.19. The number of benzene rings is 1. The van der Waals surface area contributed by atoms with E-state index >= 15 is 0 Å². The Labute approximate surface area is 177 Å². The van der Waals surface area contributed by atoms with Gasteiger partial charge in [-0.2, -0.15) is 0 Å². The fourth-order valence-electron chi connectivity index (χ4n) is 4.03. The summed E-state index contributed by atoms with van der Waals surface area (Å²) in [5.41, 5.74) is 1.80. The van der Waals surface area contributed by atoms with E-state index in [4.69, 9.17) is 4.74 Å². The maximum absolute atomic E-state index is 13.1. The van der Waals surface area contributed by atoms with Crippen LogP contribution in [0.5, 0.6) is 0 Å². The third-order valence-electron chi connectivity index (χ3n) is 5.58. The van der Waals surface area contributed by atoms with Gasteiger partial charge in [0.05, 0.1) is 30.3 Å². The number of rotatable bonds is 6. The molecule has 1 aromatic rings. The normalized spacial score (nSPS) is 19.6. The molecule has 0 saturated carbocycles. The Morgan fingerprint density at radius 2 is 1.83 bits per heavy atom. The number of hydrogen-bond donors (Lipinski definition) is 2. The van der Waals surface area contributed by atoms with E-state index in [0.29, 0.717) is 17.8 Å². The smallest absolute Gasteiger partial charge is 0.337 e. The summed E-state index contributed by atoms with van der Waals surface area (Å²) in [6.45, 7) is 2.53. The van der Waals surface area contributed by atoms with Crippen molar-refractivity contribution in [2.75, 3.05) is 49.8 Å². The molecule has 0 radical (unpaired) electrons. The molecule has 166 valence electrons. The highest BCUT2D eigenvalue weighted by molar-refractivity contribution is 7.88. The molecule has 2 amide bonds. The van der Waals surface area contributed by atoms with Crippen LogP contribution >= 0.6 is 0 Å². The highest BCUT2D eigenvalue weighted by Crippen LogP contribution is 2.31. The van der Waals surface area contributed by atoms with Crippen molar-refractivity contribution in [3.63, 3.8) is 0 Å². The topological polar surface area (TPSA) is 108 Å². The van der Waals surface area contributed by atoms with E-state index in [-0.39, 0.29) is 18.6 Å². The molecule has 9 nitrogen and oxygen atoms in total. The van der Waals surface area contributed by atoms with Crippen LogP contribution in [-0.2, 0) is 14.8 Å². The molecule has 2 N–H and O–H groups in total. The van der Waals surface area contributed by atoms with Gasteiger partial charge in [0.1, 0.15) is 0 Å². The summed E-state index contributed by atoms with van der Waals surface area (Å²) in [6, 6.07) is 4.68. The number of sulfonamides is 1. The van der Waals surface area contributed by atoms with Crippen LogP contribution in [0, 0.1) is 0 Å². The van der Waals surface area contributed by atoms with Gasteiger partial charge in [-0.25, -0.2) is 22.7 Å². The Bertz CT molecular complexity index is 883. The second-order valence-electron chi connectivity index (χ2n) is 7.81. The van der Waals surface area contributed by atoms with Crippen molar-refractivity contribution in [1.82, 2.24) is 9.62 Å². The molecule has 0 spiro atoms. The Balaban J connectivity index is 1.81. The number of anilines is 2. The molecule has 0 aromatic heterocycles. The molecule has 2 heterocycles. The summed E-state index contributed by atoms with van der Waals surface area (Å²) in [5, 5.41) is 2.96. The summed E-state index contributed by atoms with van der Waals surface area (Å²) in [4.78, 5) is 29.0. The monoisotopic (exact) mass is 438 g/mol. The predicted molar refractivity (Wildman–Crippen MR) is 115 cm³/mol. The highest BCUT2D eigenvalue weighted by atomic mass is 32.2. The van der Waals surface area contributed by atoms with Crippen LogP contribution in [0.15, 0.2) is 18.2 Å². The fourth-order valence-corrected chi connectivity index (χ4v) is 4.52. The first kappa shape index (κ1) is 22.4. The van der Waals surface area contributed by atoms with E-state index in [9.17, 15) is 18.0 Å². The second-order valence-corrected chi connectivity index (χ2v) is 9.64. The number of likely N-dealkylation sites (tertiary alicyclic amines) is 1. The zero-order chi connectivity index (χ0) is 21.7. The number of ether oxygens (including phenoxy) is 1. The number of hydrogen-bond acceptors (Lipinski definition) is 6. The molecule has 30 heavy (non-hydrogen) atoms. The number of esters is 1. The first-order chi connectivity index (χ1) is 14.3. The molecule has 10 heteroatoms. The summed E-state index contributed by atoms with van der Waals surface area (Å²) < 4.78 is 30.3. The van der Waals surface area contributed by atoms with Gasteiger partial charge in [-0.3, -0.25) is 0 Å². The molecular formula is C20H30N4O5S. The van der Waals surface area contributed by atoms with Gasteiger partial charge in [-0.15, -0.1) is 0 Å². The van der Waals surface area contributed by atoms with Crippen molar-refractivity contribution in [3.8, 4) is 0 Å². The van der Waals surface area contributed by atoms with Gasteiger partial charge in [0.25, 0.3) is 0 Å². The molecule has 0 aliphatic carbocycles. The van der Waals surface area contributed by atoms with Gasteiger partial charge in [-0.1, -0.05) is 0 Å². The summed E-state index contributed by atoms with van der Waals surface area (Å²) in [6.07, 6.45) is 5.81. The van der Waals surface area contributed by atoms with Gasteiger partial charge in [0.2, 0.25) is 10.0 Å². The summed E-state index contributed by atoms with van der Waals surface area (Å²) >= 11 is 0. The van der Waals surface area contributed by atoms with Crippen molar-refractivity contribution in [2.24, 2.45) is 0 Å². The maximum Gasteiger partial charge on any atom is 0.337 e. The number of nitrogens with one attached hydrogen (secondary N) is 2. The number of methoxy groups -OCH3 is 1. The zero-order valence-corrected chi connectivity index (χ0v) is 18.3. The number of piperidine rings is 1. The lowest BCUT2D eigenvalue weighted by atomic mass is 10.0. The molecule has 0 unspecified atom stereocenters. The van der Waals surface area contributed by atoms with Crippen LogP contribution in [0.1, 0.15) is 42.5 Å². The average molecular weight is 439 g/mol. The zero-order valence-electron chi connectivity index (χ0n) is 17.5. The number of urea groups is 1. The van der Waals surface area contributed by atoms with Crippen LogP contribution < -0.4 is 14.9 Å². The molecule has 2 saturated heterocycles. The molecule has 3 rings (SSSR count). The standard InChI is InChI=1S/C20H30N4O5S/c1-29-19(25)15-8-9-18(23-10-5-6-11-23)17(13-15)22-20(26)24-12-4-3-7-16(24)14-21-30(2,27)28/h8-9,13,16,21H,3-7,10-12,14H2,1-2H3,(H,22,26)/t16-/m1/s1. The van der Waals surface area contributed by atoms with Crippen molar-refractivity contribution in [2.45, 2.75) is 38.1 Å². The van der Waals surface area contributed by atoms with E-state index < -0.39 is 16.0 Å². The van der Waals surface area contributed by atoms with E-state index in [1.807, 2.05) is 6.07 Å². The Hall–Kier alpha value is -2.33. The number of carbonyl (C=O) groups is 2. The van der Waals surface area contributed by atoms with Crippen molar-refractivity contribution >= 4 is 33.4 Å². The van der Waals surface area contributed by atoms with Gasteiger partial charge in [0.15, 0.2) is 0 Å². The third-order valence-corrected chi connectivity index (χ3v) is 6.27. The largest absolute Gasteiger partial charge is 0.465 e. The SMILES string of the molecule is COC(=O)c1ccc(N2CCCC2)c(NC(=O)N2CCCC[C@@H]2CNS(C)(=O)=O)c1. The molecule has 2 aliphatic rings. The molecular weight excluding hydrogens is 408 g/mol. The van der Waals surface area contributed by atoms with E-state index in [2.05, 4.69) is 14.9 Å². The fraction of sp³-hybridized carbons (Fsp3) is 0.600. The molecule has 1 aromatic carbocycles. The van der Waals surface area contributed by atoms with Gasteiger partial charge >= 0.3 is 12.0 Å². The Morgan fingerprint density at radius 3 is 2.50 bits per heavy atom.